The molecule has 1 rings (SSSR count). The molecule has 0 atom stereocenters. The van der Waals surface area contributed by atoms with Gasteiger partial charge in [-0.15, -0.1) is 0 Å². The van der Waals surface area contributed by atoms with Crippen molar-refractivity contribution < 1.29 is 9.90 Å². The molecule has 0 aliphatic heterocycles. The molecule has 0 aromatic carbocycles. The Kier molecular flexibility index (Phi) is 5.37. The molecule has 2 amide bonds. The molecule has 0 aromatic rings. The van der Waals surface area contributed by atoms with Crippen LogP contribution in [-0.4, -0.2) is 30.3 Å². The van der Waals surface area contributed by atoms with Crippen LogP contribution in [0.5, 0.6) is 0 Å². The fourth-order valence-corrected chi connectivity index (χ4v) is 1.40. The first kappa shape index (κ1) is 11.3. The summed E-state index contributed by atoms with van der Waals surface area (Å²) in [4.78, 5) is 11.2. The first-order chi connectivity index (χ1) is 6.83. The minimum absolute atomic E-state index is 0.0429. The fourth-order valence-electron chi connectivity index (χ4n) is 1.40. The fraction of sp³-hybridized carbons (Fsp3) is 0.900. The number of nitrogens with one attached hydrogen (secondary N) is 2. The van der Waals surface area contributed by atoms with E-state index in [1.165, 1.54) is 6.42 Å². The van der Waals surface area contributed by atoms with Crippen molar-refractivity contribution >= 4 is 6.03 Å². The lowest BCUT2D eigenvalue weighted by atomic mass is 9.93. The molecule has 0 unspecified atom stereocenters. The van der Waals surface area contributed by atoms with Crippen molar-refractivity contribution in [2.45, 2.75) is 44.6 Å². The van der Waals surface area contributed by atoms with Gasteiger partial charge in [-0.3, -0.25) is 0 Å². The van der Waals surface area contributed by atoms with E-state index in [-0.39, 0.29) is 12.6 Å². The summed E-state index contributed by atoms with van der Waals surface area (Å²) in [6.07, 6.45) is 6.22. The minimum Gasteiger partial charge on any atom is -0.396 e. The number of rotatable bonds is 6. The first-order valence-electron chi connectivity index (χ1n) is 5.48. The van der Waals surface area contributed by atoms with Crippen molar-refractivity contribution in [3.05, 3.63) is 0 Å². The number of aliphatic hydroxyl groups excluding tert-OH is 1. The van der Waals surface area contributed by atoms with Gasteiger partial charge in [-0.05, 0) is 38.5 Å². The Morgan fingerprint density at radius 3 is 2.64 bits per heavy atom. The van der Waals surface area contributed by atoms with Gasteiger partial charge in [-0.25, -0.2) is 4.79 Å². The summed E-state index contributed by atoms with van der Waals surface area (Å²) in [6, 6.07) is 0.367. The van der Waals surface area contributed by atoms with E-state index in [2.05, 4.69) is 10.6 Å². The largest absolute Gasteiger partial charge is 0.396 e. The van der Waals surface area contributed by atoms with E-state index in [1.807, 2.05) is 0 Å². The van der Waals surface area contributed by atoms with Gasteiger partial charge in [0.1, 0.15) is 0 Å². The third-order valence-electron chi connectivity index (χ3n) is 2.56. The van der Waals surface area contributed by atoms with Gasteiger partial charge < -0.3 is 15.7 Å². The monoisotopic (exact) mass is 200 g/mol. The number of carbonyl (C=O) groups is 1. The first-order valence-corrected chi connectivity index (χ1v) is 5.48. The maximum Gasteiger partial charge on any atom is 0.315 e. The zero-order chi connectivity index (χ0) is 10.2. The normalized spacial score (nSPS) is 16.1. The maximum absolute atomic E-state index is 11.2. The van der Waals surface area contributed by atoms with Gasteiger partial charge in [0.15, 0.2) is 0 Å². The summed E-state index contributed by atoms with van der Waals surface area (Å²) in [7, 11) is 0. The molecule has 1 aliphatic carbocycles. The van der Waals surface area contributed by atoms with Crippen molar-refractivity contribution in [2.75, 3.05) is 13.2 Å². The van der Waals surface area contributed by atoms with Crippen LogP contribution < -0.4 is 10.6 Å². The van der Waals surface area contributed by atoms with E-state index in [9.17, 15) is 4.79 Å². The lowest BCUT2D eigenvalue weighted by Gasteiger charge is -2.26. The van der Waals surface area contributed by atoms with Gasteiger partial charge in [0.2, 0.25) is 0 Å². The van der Waals surface area contributed by atoms with Crippen molar-refractivity contribution in [1.82, 2.24) is 10.6 Å². The third-order valence-corrected chi connectivity index (χ3v) is 2.56. The van der Waals surface area contributed by atoms with Crippen molar-refractivity contribution in [3.8, 4) is 0 Å². The van der Waals surface area contributed by atoms with Crippen LogP contribution in [0.2, 0.25) is 0 Å². The predicted molar refractivity (Wildman–Crippen MR) is 55.1 cm³/mol. The van der Waals surface area contributed by atoms with Crippen LogP contribution in [0.4, 0.5) is 4.79 Å². The van der Waals surface area contributed by atoms with Gasteiger partial charge in [-0.2, -0.15) is 0 Å². The van der Waals surface area contributed by atoms with Crippen molar-refractivity contribution in [2.24, 2.45) is 0 Å². The molecule has 0 spiro atoms. The molecule has 4 heteroatoms. The average molecular weight is 200 g/mol. The molecule has 1 saturated carbocycles. The summed E-state index contributed by atoms with van der Waals surface area (Å²) in [5, 5.41) is 14.3. The summed E-state index contributed by atoms with van der Waals surface area (Å²) in [6.45, 7) is 0.951. The third kappa shape index (κ3) is 4.46. The van der Waals surface area contributed by atoms with E-state index in [1.54, 1.807) is 0 Å². The van der Waals surface area contributed by atoms with Gasteiger partial charge in [-0.1, -0.05) is 0 Å². The number of hydrogen-bond acceptors (Lipinski definition) is 2. The SMILES string of the molecule is O=C(NCCCCCO)NC1CCC1. The second-order valence-electron chi connectivity index (χ2n) is 3.81. The van der Waals surface area contributed by atoms with Gasteiger partial charge in [0.25, 0.3) is 0 Å². The van der Waals surface area contributed by atoms with Crippen molar-refractivity contribution in [1.29, 1.82) is 0 Å². The Morgan fingerprint density at radius 2 is 2.07 bits per heavy atom. The quantitative estimate of drug-likeness (QED) is 0.560. The van der Waals surface area contributed by atoms with Crippen LogP contribution in [0.15, 0.2) is 0 Å². The molecular formula is C10H20N2O2. The average Bonchev–Trinajstić information content (AvgIpc) is 2.11. The van der Waals surface area contributed by atoms with Crippen LogP contribution in [0.25, 0.3) is 0 Å². The van der Waals surface area contributed by atoms with Crippen molar-refractivity contribution in [3.63, 3.8) is 0 Å². The minimum atomic E-state index is -0.0429. The highest BCUT2D eigenvalue weighted by atomic mass is 16.2. The van der Waals surface area contributed by atoms with Crippen LogP contribution in [0.3, 0.4) is 0 Å². The van der Waals surface area contributed by atoms with E-state index in [4.69, 9.17) is 5.11 Å². The molecule has 82 valence electrons. The number of urea groups is 1. The molecule has 0 saturated heterocycles. The zero-order valence-corrected chi connectivity index (χ0v) is 8.59. The number of unbranched alkanes of at least 4 members (excludes halogenated alkanes) is 2. The standard InChI is InChI=1S/C10H20N2O2/c13-8-3-1-2-7-11-10(14)12-9-5-4-6-9/h9,13H,1-8H2,(H2,11,12,14). The molecular weight excluding hydrogens is 180 g/mol. The molecule has 14 heavy (non-hydrogen) atoms. The second kappa shape index (κ2) is 6.65. The number of carbonyl (C=O) groups excluding carboxylic acids is 1. The Morgan fingerprint density at radius 1 is 1.29 bits per heavy atom. The van der Waals surface area contributed by atoms with E-state index in [0.717, 1.165) is 32.1 Å². The van der Waals surface area contributed by atoms with E-state index < -0.39 is 0 Å². The van der Waals surface area contributed by atoms with E-state index >= 15 is 0 Å². The van der Waals surface area contributed by atoms with Crippen LogP contribution in [0, 0.1) is 0 Å². The highest BCUT2D eigenvalue weighted by Crippen LogP contribution is 2.17. The predicted octanol–water partition coefficient (Wildman–Crippen LogP) is 1.00. The molecule has 0 aromatic heterocycles. The highest BCUT2D eigenvalue weighted by molar-refractivity contribution is 5.74. The highest BCUT2D eigenvalue weighted by Gasteiger charge is 2.18. The number of hydrogen-bond donors (Lipinski definition) is 3. The van der Waals surface area contributed by atoms with Crippen LogP contribution in [0.1, 0.15) is 38.5 Å². The van der Waals surface area contributed by atoms with Gasteiger partial charge in [0.05, 0.1) is 0 Å². The molecule has 3 N–H and O–H groups in total. The Bertz CT molecular complexity index is 170. The molecule has 0 bridgehead atoms. The second-order valence-corrected chi connectivity index (χ2v) is 3.81. The molecule has 0 heterocycles. The van der Waals surface area contributed by atoms with E-state index in [0.29, 0.717) is 12.6 Å². The number of amides is 2. The molecule has 1 aliphatic rings. The molecule has 1 fully saturated rings. The Labute approximate surface area is 85.1 Å². The Balaban J connectivity index is 1.87. The topological polar surface area (TPSA) is 61.4 Å². The smallest absolute Gasteiger partial charge is 0.315 e. The van der Waals surface area contributed by atoms with Gasteiger partial charge in [0, 0.05) is 19.2 Å². The summed E-state index contributed by atoms with van der Waals surface area (Å²) < 4.78 is 0. The summed E-state index contributed by atoms with van der Waals surface area (Å²) in [5.41, 5.74) is 0. The lowest BCUT2D eigenvalue weighted by Crippen LogP contribution is -2.45. The van der Waals surface area contributed by atoms with Crippen LogP contribution >= 0.6 is 0 Å². The summed E-state index contributed by atoms with van der Waals surface area (Å²) in [5.74, 6) is 0. The molecule has 4 nitrogen and oxygen atoms in total. The zero-order valence-electron chi connectivity index (χ0n) is 8.59. The molecule has 0 radical (unpaired) electrons. The van der Waals surface area contributed by atoms with Gasteiger partial charge >= 0.3 is 6.03 Å². The Hall–Kier alpha value is -0.770. The van der Waals surface area contributed by atoms with Crippen LogP contribution in [-0.2, 0) is 0 Å². The lowest BCUT2D eigenvalue weighted by molar-refractivity contribution is 0.228. The number of aliphatic hydroxyl groups is 1. The summed E-state index contributed by atoms with van der Waals surface area (Å²) >= 11 is 0. The maximum atomic E-state index is 11.2.